The van der Waals surface area contributed by atoms with E-state index in [2.05, 4.69) is 10.2 Å². The van der Waals surface area contributed by atoms with Gasteiger partial charge in [0.1, 0.15) is 5.75 Å². The van der Waals surface area contributed by atoms with E-state index in [4.69, 9.17) is 17.3 Å². The minimum atomic E-state index is -0.569. The van der Waals surface area contributed by atoms with Crippen molar-refractivity contribution in [3.63, 3.8) is 0 Å². The standard InChI is InChI=1S/C16H15ClN4O3S/c17-8-12-6-14(21(23)24)7-13(15(12)22)9-19-20-16(18)25-10-11-4-2-1-3-5-11/h1-7,9,22H,8,10H2,(H2,18,20). The Morgan fingerprint density at radius 3 is 2.72 bits per heavy atom. The van der Waals surface area contributed by atoms with E-state index in [0.29, 0.717) is 5.75 Å². The predicted octanol–water partition coefficient (Wildman–Crippen LogP) is 3.62. The molecular formula is C16H15ClN4O3S. The van der Waals surface area contributed by atoms with Gasteiger partial charge in [0.2, 0.25) is 0 Å². The summed E-state index contributed by atoms with van der Waals surface area (Å²) in [6, 6.07) is 12.1. The van der Waals surface area contributed by atoms with Gasteiger partial charge in [-0.05, 0) is 5.56 Å². The molecule has 0 unspecified atom stereocenters. The van der Waals surface area contributed by atoms with Crippen LogP contribution in [-0.2, 0) is 11.6 Å². The maximum Gasteiger partial charge on any atom is 0.270 e. The van der Waals surface area contributed by atoms with Crippen LogP contribution in [0.2, 0.25) is 0 Å². The van der Waals surface area contributed by atoms with Gasteiger partial charge in [-0.15, -0.1) is 16.7 Å². The number of nitrogens with two attached hydrogens (primary N) is 1. The molecule has 2 rings (SSSR count). The zero-order valence-corrected chi connectivity index (χ0v) is 14.6. The van der Waals surface area contributed by atoms with Gasteiger partial charge in [0, 0.05) is 29.0 Å². The van der Waals surface area contributed by atoms with E-state index in [1.165, 1.54) is 30.1 Å². The topological polar surface area (TPSA) is 114 Å². The molecule has 0 aliphatic rings. The van der Waals surface area contributed by atoms with Crippen LogP contribution in [0.25, 0.3) is 0 Å². The number of amidine groups is 1. The Balaban J connectivity index is 2.10. The smallest absolute Gasteiger partial charge is 0.270 e. The first-order chi connectivity index (χ1) is 12.0. The van der Waals surface area contributed by atoms with Crippen molar-refractivity contribution in [2.24, 2.45) is 15.9 Å². The summed E-state index contributed by atoms with van der Waals surface area (Å²) in [4.78, 5) is 10.4. The SMILES string of the molecule is NC(=NN=Cc1cc([N+](=O)[O-])cc(CCl)c1O)SCc1ccccc1. The lowest BCUT2D eigenvalue weighted by Crippen LogP contribution is -2.06. The first-order valence-electron chi connectivity index (χ1n) is 7.10. The van der Waals surface area contributed by atoms with Gasteiger partial charge >= 0.3 is 0 Å². The zero-order chi connectivity index (χ0) is 18.2. The third-order valence-corrected chi connectivity index (χ3v) is 4.28. The third kappa shape index (κ3) is 5.47. The minimum absolute atomic E-state index is 0.0628. The van der Waals surface area contributed by atoms with Crippen molar-refractivity contribution in [2.75, 3.05) is 0 Å². The molecule has 0 aromatic heterocycles. The van der Waals surface area contributed by atoms with Crippen molar-refractivity contribution < 1.29 is 10.0 Å². The molecule has 9 heteroatoms. The molecule has 2 aromatic rings. The van der Waals surface area contributed by atoms with Crippen LogP contribution in [-0.4, -0.2) is 21.4 Å². The van der Waals surface area contributed by atoms with Gasteiger partial charge in [0.15, 0.2) is 5.17 Å². The van der Waals surface area contributed by atoms with E-state index in [1.54, 1.807) is 0 Å². The van der Waals surface area contributed by atoms with Gasteiger partial charge < -0.3 is 10.8 Å². The molecule has 0 spiro atoms. The summed E-state index contributed by atoms with van der Waals surface area (Å²) in [5, 5.41) is 28.8. The highest BCUT2D eigenvalue weighted by Gasteiger charge is 2.14. The number of nitro benzene ring substituents is 1. The highest BCUT2D eigenvalue weighted by Crippen LogP contribution is 2.28. The van der Waals surface area contributed by atoms with Crippen LogP contribution in [0.15, 0.2) is 52.7 Å². The summed E-state index contributed by atoms with van der Waals surface area (Å²) in [5.74, 6) is 0.409. The molecule has 0 fully saturated rings. The lowest BCUT2D eigenvalue weighted by Gasteiger charge is -2.04. The number of nitro groups is 1. The Kier molecular flexibility index (Phi) is 6.79. The average Bonchev–Trinajstić information content (AvgIpc) is 2.62. The van der Waals surface area contributed by atoms with Gasteiger partial charge in [-0.1, -0.05) is 42.1 Å². The number of aromatic hydroxyl groups is 1. The van der Waals surface area contributed by atoms with E-state index < -0.39 is 4.92 Å². The Bertz CT molecular complexity index is 813. The number of halogens is 1. The minimum Gasteiger partial charge on any atom is -0.507 e. The average molecular weight is 379 g/mol. The molecule has 0 amide bonds. The molecule has 0 heterocycles. The molecule has 0 saturated heterocycles. The highest BCUT2D eigenvalue weighted by molar-refractivity contribution is 8.13. The fourth-order valence-electron chi connectivity index (χ4n) is 1.92. The van der Waals surface area contributed by atoms with Crippen LogP contribution in [0.4, 0.5) is 5.69 Å². The first-order valence-corrected chi connectivity index (χ1v) is 8.62. The molecule has 0 atom stereocenters. The molecule has 3 N–H and O–H groups in total. The number of rotatable bonds is 6. The second-order valence-corrected chi connectivity index (χ2v) is 6.15. The molecule has 7 nitrogen and oxygen atoms in total. The van der Waals surface area contributed by atoms with Crippen molar-refractivity contribution in [3.05, 3.63) is 69.3 Å². The third-order valence-electron chi connectivity index (χ3n) is 3.14. The predicted molar refractivity (Wildman–Crippen MR) is 101 cm³/mol. The largest absolute Gasteiger partial charge is 0.507 e. The van der Waals surface area contributed by atoms with Crippen LogP contribution < -0.4 is 5.73 Å². The van der Waals surface area contributed by atoms with E-state index in [9.17, 15) is 15.2 Å². The van der Waals surface area contributed by atoms with Crippen molar-refractivity contribution in [2.45, 2.75) is 11.6 Å². The Morgan fingerprint density at radius 1 is 1.36 bits per heavy atom. The zero-order valence-electron chi connectivity index (χ0n) is 13.0. The summed E-state index contributed by atoms with van der Waals surface area (Å²) < 4.78 is 0. The Labute approximate surface area is 153 Å². The molecule has 0 radical (unpaired) electrons. The van der Waals surface area contributed by atoms with Gasteiger partial charge in [-0.2, -0.15) is 5.10 Å². The molecule has 0 bridgehead atoms. The summed E-state index contributed by atoms with van der Waals surface area (Å²) in [5.41, 5.74) is 7.06. The van der Waals surface area contributed by atoms with Crippen molar-refractivity contribution in [1.29, 1.82) is 0 Å². The molecule has 2 aromatic carbocycles. The quantitative estimate of drug-likeness (QED) is 0.262. The van der Waals surface area contributed by atoms with Crippen LogP contribution in [0, 0.1) is 10.1 Å². The van der Waals surface area contributed by atoms with Crippen molar-refractivity contribution >= 4 is 40.4 Å². The summed E-state index contributed by atoms with van der Waals surface area (Å²) in [6.45, 7) is 0. The number of hydrogen-bond acceptors (Lipinski definition) is 6. The summed E-state index contributed by atoms with van der Waals surface area (Å²) in [7, 11) is 0. The number of phenols is 1. The fraction of sp³-hybridized carbons (Fsp3) is 0.125. The van der Waals surface area contributed by atoms with Gasteiger partial charge in [-0.25, -0.2) is 0 Å². The molecule has 0 aliphatic heterocycles. The van der Waals surface area contributed by atoms with Crippen LogP contribution in [0.5, 0.6) is 5.75 Å². The molecule has 130 valence electrons. The lowest BCUT2D eigenvalue weighted by atomic mass is 10.1. The Morgan fingerprint density at radius 2 is 2.08 bits per heavy atom. The van der Waals surface area contributed by atoms with Gasteiger partial charge in [-0.3, -0.25) is 10.1 Å². The Hall–Kier alpha value is -2.58. The number of alkyl halides is 1. The number of phenolic OH excluding ortho intramolecular Hbond substituents is 1. The second kappa shape index (κ2) is 9.05. The fourth-order valence-corrected chi connectivity index (χ4v) is 2.73. The van der Waals surface area contributed by atoms with E-state index in [-0.39, 0.29) is 33.6 Å². The number of thioether (sulfide) groups is 1. The number of non-ortho nitro benzene ring substituents is 1. The van der Waals surface area contributed by atoms with E-state index in [1.807, 2.05) is 30.3 Å². The maximum atomic E-state index is 10.9. The van der Waals surface area contributed by atoms with Crippen LogP contribution in [0.3, 0.4) is 0 Å². The van der Waals surface area contributed by atoms with Crippen LogP contribution in [0.1, 0.15) is 16.7 Å². The lowest BCUT2D eigenvalue weighted by molar-refractivity contribution is -0.384. The molecular weight excluding hydrogens is 364 g/mol. The van der Waals surface area contributed by atoms with E-state index in [0.717, 1.165) is 5.56 Å². The maximum absolute atomic E-state index is 10.9. The monoisotopic (exact) mass is 378 g/mol. The van der Waals surface area contributed by atoms with E-state index >= 15 is 0 Å². The van der Waals surface area contributed by atoms with Crippen molar-refractivity contribution in [1.82, 2.24) is 0 Å². The number of nitrogens with zero attached hydrogens (tertiary/aromatic N) is 3. The van der Waals surface area contributed by atoms with Crippen molar-refractivity contribution in [3.8, 4) is 5.75 Å². The van der Waals surface area contributed by atoms with Gasteiger partial charge in [0.25, 0.3) is 5.69 Å². The number of benzene rings is 2. The van der Waals surface area contributed by atoms with Gasteiger partial charge in [0.05, 0.1) is 17.0 Å². The summed E-state index contributed by atoms with van der Waals surface area (Å²) >= 11 is 6.99. The molecule has 0 saturated carbocycles. The normalized spacial score (nSPS) is 11.8. The molecule has 0 aliphatic carbocycles. The summed E-state index contributed by atoms with van der Waals surface area (Å²) in [6.07, 6.45) is 1.20. The first kappa shape index (κ1) is 18.8. The molecule has 25 heavy (non-hydrogen) atoms. The number of hydrogen-bond donors (Lipinski definition) is 2. The highest BCUT2D eigenvalue weighted by atomic mass is 35.5. The second-order valence-electron chi connectivity index (χ2n) is 4.89. The van der Waals surface area contributed by atoms with Crippen LogP contribution >= 0.6 is 23.4 Å².